The van der Waals surface area contributed by atoms with Crippen LogP contribution in [0.25, 0.3) is 0 Å². The summed E-state index contributed by atoms with van der Waals surface area (Å²) in [6, 6.07) is 7.89. The molecule has 0 saturated carbocycles. The molecular weight excluding hydrogens is 178 g/mol. The molecule has 3 N–H and O–H groups in total. The molecule has 1 aromatic rings. The van der Waals surface area contributed by atoms with Crippen LogP contribution in [0.1, 0.15) is 12.0 Å². The predicted molar refractivity (Wildman–Crippen MR) is 57.4 cm³/mol. The minimum absolute atomic E-state index is 0.0361. The SMILES string of the molecule is Cc1ccc(NC(CO)CCO)cc1. The van der Waals surface area contributed by atoms with Crippen molar-refractivity contribution >= 4 is 5.69 Å². The molecule has 14 heavy (non-hydrogen) atoms. The molecule has 0 aromatic heterocycles. The molecule has 1 aromatic carbocycles. The van der Waals surface area contributed by atoms with Crippen LogP contribution in [0.3, 0.4) is 0 Å². The summed E-state index contributed by atoms with van der Waals surface area (Å²) in [6.07, 6.45) is 0.560. The third kappa shape index (κ3) is 3.36. The van der Waals surface area contributed by atoms with Gasteiger partial charge in [-0.15, -0.1) is 0 Å². The first-order chi connectivity index (χ1) is 6.76. The van der Waals surface area contributed by atoms with E-state index in [1.165, 1.54) is 5.56 Å². The Hall–Kier alpha value is -1.06. The van der Waals surface area contributed by atoms with Gasteiger partial charge in [0, 0.05) is 12.3 Å². The molecule has 0 aliphatic carbocycles. The minimum atomic E-state index is -0.0669. The zero-order chi connectivity index (χ0) is 10.4. The lowest BCUT2D eigenvalue weighted by atomic mass is 10.2. The van der Waals surface area contributed by atoms with Gasteiger partial charge >= 0.3 is 0 Å². The van der Waals surface area contributed by atoms with Gasteiger partial charge < -0.3 is 15.5 Å². The first kappa shape index (κ1) is 11.0. The summed E-state index contributed by atoms with van der Waals surface area (Å²) >= 11 is 0. The van der Waals surface area contributed by atoms with E-state index < -0.39 is 0 Å². The Labute approximate surface area is 84.4 Å². The highest BCUT2D eigenvalue weighted by molar-refractivity contribution is 5.45. The molecule has 0 saturated heterocycles. The van der Waals surface area contributed by atoms with Crippen LogP contribution < -0.4 is 5.32 Å². The van der Waals surface area contributed by atoms with Crippen molar-refractivity contribution in [3.8, 4) is 0 Å². The van der Waals surface area contributed by atoms with Crippen molar-refractivity contribution in [3.05, 3.63) is 29.8 Å². The lowest BCUT2D eigenvalue weighted by Crippen LogP contribution is -2.24. The molecule has 78 valence electrons. The Morgan fingerprint density at radius 1 is 1.21 bits per heavy atom. The summed E-state index contributed by atoms with van der Waals surface area (Å²) in [7, 11) is 0. The Morgan fingerprint density at radius 3 is 2.36 bits per heavy atom. The fourth-order valence-corrected chi connectivity index (χ4v) is 1.25. The highest BCUT2D eigenvalue weighted by Gasteiger charge is 2.05. The molecule has 0 aliphatic rings. The molecule has 0 fully saturated rings. The average Bonchev–Trinajstić information content (AvgIpc) is 2.20. The first-order valence-corrected chi connectivity index (χ1v) is 4.81. The molecule has 0 aliphatic heterocycles. The van der Waals surface area contributed by atoms with Gasteiger partial charge in [0.1, 0.15) is 0 Å². The van der Waals surface area contributed by atoms with E-state index in [2.05, 4.69) is 5.32 Å². The Bertz CT molecular complexity index is 258. The third-order valence-electron chi connectivity index (χ3n) is 2.12. The van der Waals surface area contributed by atoms with E-state index >= 15 is 0 Å². The number of aliphatic hydroxyl groups excluding tert-OH is 2. The number of nitrogens with one attached hydrogen (secondary N) is 1. The minimum Gasteiger partial charge on any atom is -0.396 e. The van der Waals surface area contributed by atoms with E-state index in [1.807, 2.05) is 31.2 Å². The highest BCUT2D eigenvalue weighted by Crippen LogP contribution is 2.10. The number of aliphatic hydroxyl groups is 2. The number of aryl methyl sites for hydroxylation is 1. The standard InChI is InChI=1S/C11H17NO2/c1-9-2-4-10(5-3-9)12-11(8-14)6-7-13/h2-5,11-14H,6-8H2,1H3. The number of hydrogen-bond acceptors (Lipinski definition) is 3. The molecule has 1 rings (SSSR count). The van der Waals surface area contributed by atoms with Gasteiger partial charge in [0.25, 0.3) is 0 Å². The summed E-state index contributed by atoms with van der Waals surface area (Å²) in [4.78, 5) is 0. The van der Waals surface area contributed by atoms with Gasteiger partial charge in [-0.05, 0) is 25.5 Å². The number of rotatable bonds is 5. The molecule has 3 heteroatoms. The summed E-state index contributed by atoms with van der Waals surface area (Å²) in [5.74, 6) is 0. The van der Waals surface area contributed by atoms with Crippen LogP contribution in [0.15, 0.2) is 24.3 Å². The molecule has 0 amide bonds. The molecule has 1 unspecified atom stereocenters. The largest absolute Gasteiger partial charge is 0.396 e. The lowest BCUT2D eigenvalue weighted by Gasteiger charge is -2.16. The van der Waals surface area contributed by atoms with Crippen LogP contribution in [0.2, 0.25) is 0 Å². The lowest BCUT2D eigenvalue weighted by molar-refractivity contribution is 0.229. The Balaban J connectivity index is 2.53. The molecule has 0 spiro atoms. The molecular formula is C11H17NO2. The van der Waals surface area contributed by atoms with Crippen LogP contribution in [0.5, 0.6) is 0 Å². The fourth-order valence-electron chi connectivity index (χ4n) is 1.25. The summed E-state index contributed by atoms with van der Waals surface area (Å²) < 4.78 is 0. The highest BCUT2D eigenvalue weighted by atomic mass is 16.3. The topological polar surface area (TPSA) is 52.5 Å². The van der Waals surface area contributed by atoms with Gasteiger partial charge in [-0.25, -0.2) is 0 Å². The second-order valence-corrected chi connectivity index (χ2v) is 3.40. The fraction of sp³-hybridized carbons (Fsp3) is 0.455. The smallest absolute Gasteiger partial charge is 0.0633 e. The summed E-state index contributed by atoms with van der Waals surface area (Å²) in [5, 5.41) is 20.9. The van der Waals surface area contributed by atoms with Gasteiger partial charge in [0.05, 0.1) is 12.6 Å². The number of benzene rings is 1. The molecule has 3 nitrogen and oxygen atoms in total. The van der Waals surface area contributed by atoms with Gasteiger partial charge in [0.15, 0.2) is 0 Å². The van der Waals surface area contributed by atoms with E-state index in [0.29, 0.717) is 6.42 Å². The predicted octanol–water partition coefficient (Wildman–Crippen LogP) is 1.15. The number of anilines is 1. The summed E-state index contributed by atoms with van der Waals surface area (Å²) in [5.41, 5.74) is 2.18. The second kappa shape index (κ2) is 5.62. The van der Waals surface area contributed by atoms with Gasteiger partial charge in [-0.3, -0.25) is 0 Å². The zero-order valence-corrected chi connectivity index (χ0v) is 8.40. The van der Waals surface area contributed by atoms with Crippen LogP contribution in [0, 0.1) is 6.92 Å². The van der Waals surface area contributed by atoms with Gasteiger partial charge in [0.2, 0.25) is 0 Å². The van der Waals surface area contributed by atoms with E-state index in [9.17, 15) is 0 Å². The Kier molecular flexibility index (Phi) is 4.43. The normalized spacial score (nSPS) is 12.5. The van der Waals surface area contributed by atoms with Crippen molar-refractivity contribution in [2.75, 3.05) is 18.5 Å². The monoisotopic (exact) mass is 195 g/mol. The molecule has 1 atom stereocenters. The van der Waals surface area contributed by atoms with Crippen molar-refractivity contribution in [1.29, 1.82) is 0 Å². The summed E-state index contributed by atoms with van der Waals surface area (Å²) in [6.45, 7) is 2.15. The average molecular weight is 195 g/mol. The van der Waals surface area contributed by atoms with Crippen LogP contribution in [-0.4, -0.2) is 29.5 Å². The second-order valence-electron chi connectivity index (χ2n) is 3.40. The maximum absolute atomic E-state index is 9.00. The number of hydrogen-bond donors (Lipinski definition) is 3. The quantitative estimate of drug-likeness (QED) is 0.660. The van der Waals surface area contributed by atoms with Crippen LogP contribution in [-0.2, 0) is 0 Å². The molecule has 0 bridgehead atoms. The van der Waals surface area contributed by atoms with Crippen LogP contribution in [0.4, 0.5) is 5.69 Å². The van der Waals surface area contributed by atoms with Crippen molar-refractivity contribution in [2.24, 2.45) is 0 Å². The Morgan fingerprint density at radius 2 is 1.86 bits per heavy atom. The third-order valence-corrected chi connectivity index (χ3v) is 2.12. The first-order valence-electron chi connectivity index (χ1n) is 4.81. The van der Waals surface area contributed by atoms with Crippen LogP contribution >= 0.6 is 0 Å². The zero-order valence-electron chi connectivity index (χ0n) is 8.40. The van der Waals surface area contributed by atoms with Crippen molar-refractivity contribution in [2.45, 2.75) is 19.4 Å². The van der Waals surface area contributed by atoms with Crippen molar-refractivity contribution in [3.63, 3.8) is 0 Å². The maximum Gasteiger partial charge on any atom is 0.0633 e. The van der Waals surface area contributed by atoms with E-state index in [-0.39, 0.29) is 19.3 Å². The molecule has 0 radical (unpaired) electrons. The van der Waals surface area contributed by atoms with Gasteiger partial charge in [-0.2, -0.15) is 0 Å². The van der Waals surface area contributed by atoms with E-state index in [4.69, 9.17) is 10.2 Å². The van der Waals surface area contributed by atoms with Crippen molar-refractivity contribution in [1.82, 2.24) is 0 Å². The van der Waals surface area contributed by atoms with Crippen molar-refractivity contribution < 1.29 is 10.2 Å². The van der Waals surface area contributed by atoms with E-state index in [0.717, 1.165) is 5.69 Å². The maximum atomic E-state index is 9.00. The molecule has 0 heterocycles. The van der Waals surface area contributed by atoms with Gasteiger partial charge in [-0.1, -0.05) is 17.7 Å². The van der Waals surface area contributed by atoms with E-state index in [1.54, 1.807) is 0 Å².